The predicted octanol–water partition coefficient (Wildman–Crippen LogP) is 2.23. The van der Waals surface area contributed by atoms with Gasteiger partial charge in [-0.15, -0.1) is 0 Å². The number of hydrogen-bond donors (Lipinski definition) is 2. The molecule has 14 heavy (non-hydrogen) atoms. The van der Waals surface area contributed by atoms with Gasteiger partial charge >= 0.3 is 0 Å². The predicted molar refractivity (Wildman–Crippen MR) is 60.1 cm³/mol. The number of nitrogens with one attached hydrogen (secondary N) is 1. The van der Waals surface area contributed by atoms with Crippen molar-refractivity contribution in [3.8, 4) is 0 Å². The van der Waals surface area contributed by atoms with Crippen molar-refractivity contribution < 1.29 is 5.11 Å². The smallest absolute Gasteiger partial charge is 0.0584 e. The Morgan fingerprint density at radius 2 is 2.00 bits per heavy atom. The summed E-state index contributed by atoms with van der Waals surface area (Å²) in [6.45, 7) is 0.243. The molecule has 3 heteroatoms. The third kappa shape index (κ3) is 2.16. The number of rotatable bonds is 2. The number of aliphatic hydroxyl groups excluding tert-OH is 1. The monoisotopic (exact) mass is 255 g/mol. The highest BCUT2D eigenvalue weighted by Crippen LogP contribution is 2.27. The van der Waals surface area contributed by atoms with Gasteiger partial charge in [0, 0.05) is 16.6 Å². The van der Waals surface area contributed by atoms with Gasteiger partial charge in [-0.3, -0.25) is 0 Å². The van der Waals surface area contributed by atoms with E-state index in [9.17, 15) is 0 Å². The average Bonchev–Trinajstić information content (AvgIpc) is 2.67. The molecule has 0 amide bonds. The first-order valence-corrected chi connectivity index (χ1v) is 5.71. The minimum absolute atomic E-state index is 0.243. The lowest BCUT2D eigenvalue weighted by Gasteiger charge is -2.12. The van der Waals surface area contributed by atoms with Gasteiger partial charge in [0.25, 0.3) is 0 Å². The molecule has 2 rings (SSSR count). The molecule has 2 nitrogen and oxygen atoms in total. The van der Waals surface area contributed by atoms with Crippen molar-refractivity contribution >= 4 is 15.9 Å². The molecule has 1 aliphatic heterocycles. The lowest BCUT2D eigenvalue weighted by atomic mass is 10.1. The van der Waals surface area contributed by atoms with Crippen molar-refractivity contribution in [2.24, 2.45) is 0 Å². The van der Waals surface area contributed by atoms with Crippen LogP contribution in [0.1, 0.15) is 24.4 Å². The minimum Gasteiger partial charge on any atom is -0.395 e. The third-order valence-corrected chi connectivity index (χ3v) is 3.26. The molecule has 2 N–H and O–H groups in total. The van der Waals surface area contributed by atoms with Crippen LogP contribution in [0.25, 0.3) is 0 Å². The Kier molecular flexibility index (Phi) is 3.21. The average molecular weight is 256 g/mol. The van der Waals surface area contributed by atoms with Crippen LogP contribution in [0, 0.1) is 0 Å². The summed E-state index contributed by atoms with van der Waals surface area (Å²) in [7, 11) is 0. The maximum Gasteiger partial charge on any atom is 0.0584 e. The fourth-order valence-corrected chi connectivity index (χ4v) is 2.19. The van der Waals surface area contributed by atoms with Gasteiger partial charge in [-0.1, -0.05) is 28.1 Å². The summed E-state index contributed by atoms with van der Waals surface area (Å²) in [6, 6.07) is 9.07. The van der Waals surface area contributed by atoms with E-state index in [0.29, 0.717) is 6.04 Å². The molecule has 1 aromatic rings. The van der Waals surface area contributed by atoms with Gasteiger partial charge in [-0.2, -0.15) is 0 Å². The van der Waals surface area contributed by atoms with Gasteiger partial charge in [-0.25, -0.2) is 0 Å². The van der Waals surface area contributed by atoms with Gasteiger partial charge < -0.3 is 10.4 Å². The second kappa shape index (κ2) is 4.43. The summed E-state index contributed by atoms with van der Waals surface area (Å²) >= 11 is 3.42. The second-order valence-electron chi connectivity index (χ2n) is 3.73. The SMILES string of the molecule is OC[C@@H]1CC[C@H](c2ccc(Br)cc2)N1. The molecule has 1 aromatic carbocycles. The first-order chi connectivity index (χ1) is 6.79. The van der Waals surface area contributed by atoms with Gasteiger partial charge in [0.2, 0.25) is 0 Å². The first kappa shape index (κ1) is 10.1. The van der Waals surface area contributed by atoms with E-state index in [-0.39, 0.29) is 12.6 Å². The Balaban J connectivity index is 2.06. The van der Waals surface area contributed by atoms with Crippen LogP contribution in [-0.2, 0) is 0 Å². The third-order valence-electron chi connectivity index (χ3n) is 2.73. The molecule has 0 saturated carbocycles. The molecular weight excluding hydrogens is 242 g/mol. The van der Waals surface area contributed by atoms with E-state index in [4.69, 9.17) is 5.11 Å². The molecule has 0 radical (unpaired) electrons. The van der Waals surface area contributed by atoms with Crippen molar-refractivity contribution in [3.63, 3.8) is 0 Å². The van der Waals surface area contributed by atoms with Crippen LogP contribution in [0.4, 0.5) is 0 Å². The number of halogens is 1. The lowest BCUT2D eigenvalue weighted by Crippen LogP contribution is -2.27. The van der Waals surface area contributed by atoms with Crippen LogP contribution >= 0.6 is 15.9 Å². The summed E-state index contributed by atoms with van der Waals surface area (Å²) in [5.74, 6) is 0. The van der Waals surface area contributed by atoms with Crippen LogP contribution in [0.5, 0.6) is 0 Å². The van der Waals surface area contributed by atoms with Crippen molar-refractivity contribution in [1.82, 2.24) is 5.32 Å². The molecule has 0 aliphatic carbocycles. The number of aliphatic hydroxyl groups is 1. The Morgan fingerprint density at radius 3 is 2.57 bits per heavy atom. The van der Waals surface area contributed by atoms with Crippen molar-refractivity contribution in [1.29, 1.82) is 0 Å². The van der Waals surface area contributed by atoms with Crippen LogP contribution in [0.15, 0.2) is 28.7 Å². The van der Waals surface area contributed by atoms with E-state index in [1.54, 1.807) is 0 Å². The maximum absolute atomic E-state index is 9.00. The topological polar surface area (TPSA) is 32.3 Å². The zero-order valence-corrected chi connectivity index (χ0v) is 9.50. The molecule has 2 atom stereocenters. The summed E-state index contributed by atoms with van der Waals surface area (Å²) in [6.07, 6.45) is 2.18. The molecule has 0 unspecified atom stereocenters. The number of benzene rings is 1. The fraction of sp³-hybridized carbons (Fsp3) is 0.455. The van der Waals surface area contributed by atoms with Crippen molar-refractivity contribution in [3.05, 3.63) is 34.3 Å². The van der Waals surface area contributed by atoms with Gasteiger partial charge in [-0.05, 0) is 30.5 Å². The highest BCUT2D eigenvalue weighted by molar-refractivity contribution is 9.10. The van der Waals surface area contributed by atoms with Crippen LogP contribution < -0.4 is 5.32 Å². The van der Waals surface area contributed by atoms with Crippen molar-refractivity contribution in [2.45, 2.75) is 24.9 Å². The van der Waals surface area contributed by atoms with Crippen LogP contribution in [0.2, 0.25) is 0 Å². The summed E-state index contributed by atoms with van der Waals surface area (Å²) in [4.78, 5) is 0. The molecule has 0 aromatic heterocycles. The van der Waals surface area contributed by atoms with E-state index >= 15 is 0 Å². The standard InChI is InChI=1S/C11H14BrNO/c12-9-3-1-8(2-4-9)11-6-5-10(7-14)13-11/h1-4,10-11,13-14H,5-7H2/t10-,11+/m0/s1. The van der Waals surface area contributed by atoms with E-state index in [0.717, 1.165) is 17.3 Å². The minimum atomic E-state index is 0.243. The molecule has 76 valence electrons. The zero-order valence-electron chi connectivity index (χ0n) is 7.91. The molecule has 0 bridgehead atoms. The maximum atomic E-state index is 9.00. The summed E-state index contributed by atoms with van der Waals surface area (Å²) in [5.41, 5.74) is 1.31. The lowest BCUT2D eigenvalue weighted by molar-refractivity contribution is 0.251. The zero-order chi connectivity index (χ0) is 9.97. The van der Waals surface area contributed by atoms with Crippen LogP contribution in [-0.4, -0.2) is 17.8 Å². The highest BCUT2D eigenvalue weighted by atomic mass is 79.9. The Bertz CT molecular complexity index is 299. The van der Waals surface area contributed by atoms with E-state index in [1.807, 2.05) is 0 Å². The van der Waals surface area contributed by atoms with E-state index in [2.05, 4.69) is 45.5 Å². The summed E-state index contributed by atoms with van der Waals surface area (Å²) in [5, 5.41) is 12.4. The quantitative estimate of drug-likeness (QED) is 0.850. The largest absolute Gasteiger partial charge is 0.395 e. The van der Waals surface area contributed by atoms with Gasteiger partial charge in [0.1, 0.15) is 0 Å². The van der Waals surface area contributed by atoms with Gasteiger partial charge in [0.15, 0.2) is 0 Å². The Morgan fingerprint density at radius 1 is 1.29 bits per heavy atom. The van der Waals surface area contributed by atoms with E-state index in [1.165, 1.54) is 5.56 Å². The van der Waals surface area contributed by atoms with E-state index < -0.39 is 0 Å². The Hall–Kier alpha value is -0.380. The normalized spacial score (nSPS) is 26.7. The van der Waals surface area contributed by atoms with Gasteiger partial charge in [0.05, 0.1) is 6.61 Å². The molecule has 1 heterocycles. The molecule has 1 aliphatic rings. The van der Waals surface area contributed by atoms with Crippen LogP contribution in [0.3, 0.4) is 0 Å². The Labute approximate surface area is 92.5 Å². The fourth-order valence-electron chi connectivity index (χ4n) is 1.92. The van der Waals surface area contributed by atoms with Crippen molar-refractivity contribution in [2.75, 3.05) is 6.61 Å². The first-order valence-electron chi connectivity index (χ1n) is 4.92. The number of hydrogen-bond acceptors (Lipinski definition) is 2. The summed E-state index contributed by atoms with van der Waals surface area (Å²) < 4.78 is 1.11. The molecule has 0 spiro atoms. The molecular formula is C11H14BrNO. The highest BCUT2D eigenvalue weighted by Gasteiger charge is 2.23. The molecule has 1 saturated heterocycles. The molecule has 1 fully saturated rings. The second-order valence-corrected chi connectivity index (χ2v) is 4.64.